The van der Waals surface area contributed by atoms with Gasteiger partial charge in [0.05, 0.1) is 4.92 Å². The second-order valence-corrected chi connectivity index (χ2v) is 5.50. The van der Waals surface area contributed by atoms with Crippen LogP contribution in [-0.4, -0.2) is 28.3 Å². The van der Waals surface area contributed by atoms with E-state index in [0.29, 0.717) is 12.5 Å². The Morgan fingerprint density at radius 3 is 2.65 bits per heavy atom. The first-order valence-corrected chi connectivity index (χ1v) is 6.75. The van der Waals surface area contributed by atoms with Crippen LogP contribution in [0.25, 0.3) is 0 Å². The molecule has 6 heteroatoms. The standard InChI is InChI=1S/C14H19N3O3/c1-9(2)16(8-10-6-7-10)14(18)11-4-3-5-12(15)13(11)17(19)20/h3-5,9-10H,6-8,15H2,1-2H3. The van der Waals surface area contributed by atoms with Crippen molar-refractivity contribution in [2.24, 2.45) is 5.92 Å². The van der Waals surface area contributed by atoms with E-state index in [1.54, 1.807) is 11.0 Å². The number of rotatable bonds is 5. The quantitative estimate of drug-likeness (QED) is 0.508. The third kappa shape index (κ3) is 2.89. The van der Waals surface area contributed by atoms with E-state index in [0.717, 1.165) is 12.8 Å². The molecule has 2 N–H and O–H groups in total. The minimum absolute atomic E-state index is 0.00383. The van der Waals surface area contributed by atoms with Crippen molar-refractivity contribution in [3.8, 4) is 0 Å². The van der Waals surface area contributed by atoms with Gasteiger partial charge in [0.15, 0.2) is 0 Å². The molecule has 0 atom stereocenters. The first kappa shape index (κ1) is 14.3. The van der Waals surface area contributed by atoms with Gasteiger partial charge >= 0.3 is 5.69 Å². The first-order chi connectivity index (χ1) is 9.41. The van der Waals surface area contributed by atoms with Gasteiger partial charge in [0.2, 0.25) is 0 Å². The molecule has 1 aliphatic carbocycles. The summed E-state index contributed by atoms with van der Waals surface area (Å²) in [7, 11) is 0. The minimum Gasteiger partial charge on any atom is -0.393 e. The van der Waals surface area contributed by atoms with E-state index in [-0.39, 0.29) is 28.9 Å². The number of nitro groups is 1. The highest BCUT2D eigenvalue weighted by atomic mass is 16.6. The van der Waals surface area contributed by atoms with Crippen LogP contribution in [0.15, 0.2) is 18.2 Å². The topological polar surface area (TPSA) is 89.5 Å². The van der Waals surface area contributed by atoms with Gasteiger partial charge in [-0.05, 0) is 44.7 Å². The van der Waals surface area contributed by atoms with Gasteiger partial charge in [-0.2, -0.15) is 0 Å². The van der Waals surface area contributed by atoms with Crippen LogP contribution < -0.4 is 5.73 Å². The minimum atomic E-state index is -0.585. The van der Waals surface area contributed by atoms with Crippen LogP contribution in [0.3, 0.4) is 0 Å². The zero-order chi connectivity index (χ0) is 14.9. The zero-order valence-corrected chi connectivity index (χ0v) is 11.7. The van der Waals surface area contributed by atoms with E-state index >= 15 is 0 Å². The number of para-hydroxylation sites is 1. The van der Waals surface area contributed by atoms with Crippen molar-refractivity contribution in [2.45, 2.75) is 32.7 Å². The molecule has 0 heterocycles. The number of benzene rings is 1. The summed E-state index contributed by atoms with van der Waals surface area (Å²) >= 11 is 0. The molecule has 0 spiro atoms. The van der Waals surface area contributed by atoms with Crippen LogP contribution in [0.5, 0.6) is 0 Å². The van der Waals surface area contributed by atoms with Crippen molar-refractivity contribution in [2.75, 3.05) is 12.3 Å². The molecule has 1 aromatic rings. The molecule has 0 unspecified atom stereocenters. The van der Waals surface area contributed by atoms with E-state index in [2.05, 4.69) is 0 Å². The summed E-state index contributed by atoms with van der Waals surface area (Å²) in [5, 5.41) is 11.1. The first-order valence-electron chi connectivity index (χ1n) is 6.75. The Kier molecular flexibility index (Phi) is 3.92. The Labute approximate surface area is 117 Å². The maximum atomic E-state index is 12.6. The third-order valence-corrected chi connectivity index (χ3v) is 3.52. The molecular formula is C14H19N3O3. The summed E-state index contributed by atoms with van der Waals surface area (Å²) in [4.78, 5) is 24.8. The van der Waals surface area contributed by atoms with Crippen LogP contribution in [-0.2, 0) is 0 Å². The molecule has 1 fully saturated rings. The summed E-state index contributed by atoms with van der Waals surface area (Å²) in [6.07, 6.45) is 2.24. The molecule has 2 rings (SSSR count). The monoisotopic (exact) mass is 277 g/mol. The summed E-state index contributed by atoms with van der Waals surface area (Å²) in [5.74, 6) is 0.215. The van der Waals surface area contributed by atoms with Gasteiger partial charge < -0.3 is 10.6 Å². The Bertz CT molecular complexity index is 538. The molecule has 1 amide bonds. The summed E-state index contributed by atoms with van der Waals surface area (Å²) < 4.78 is 0. The van der Waals surface area contributed by atoms with E-state index < -0.39 is 4.92 Å². The molecule has 20 heavy (non-hydrogen) atoms. The van der Waals surface area contributed by atoms with Crippen molar-refractivity contribution < 1.29 is 9.72 Å². The maximum absolute atomic E-state index is 12.6. The second-order valence-electron chi connectivity index (χ2n) is 5.50. The molecule has 0 aliphatic heterocycles. The number of nitro benzene ring substituents is 1. The van der Waals surface area contributed by atoms with Gasteiger partial charge in [-0.25, -0.2) is 0 Å². The van der Waals surface area contributed by atoms with Crippen molar-refractivity contribution >= 4 is 17.3 Å². The number of amides is 1. The van der Waals surface area contributed by atoms with Crippen LogP contribution in [0, 0.1) is 16.0 Å². The fourth-order valence-corrected chi connectivity index (χ4v) is 2.20. The van der Waals surface area contributed by atoms with Crippen molar-refractivity contribution in [3.05, 3.63) is 33.9 Å². The van der Waals surface area contributed by atoms with Gasteiger partial charge in [-0.15, -0.1) is 0 Å². The molecular weight excluding hydrogens is 258 g/mol. The summed E-state index contributed by atoms with van der Waals surface area (Å²) in [6, 6.07) is 4.49. The lowest BCUT2D eigenvalue weighted by molar-refractivity contribution is -0.384. The molecule has 0 bridgehead atoms. The number of carbonyl (C=O) groups is 1. The molecule has 0 radical (unpaired) electrons. The molecule has 0 saturated heterocycles. The van der Waals surface area contributed by atoms with Crippen LogP contribution >= 0.6 is 0 Å². The van der Waals surface area contributed by atoms with Crippen molar-refractivity contribution in [1.82, 2.24) is 4.90 Å². The lowest BCUT2D eigenvalue weighted by Gasteiger charge is -2.26. The number of anilines is 1. The largest absolute Gasteiger partial charge is 0.393 e. The molecule has 1 aliphatic rings. The van der Waals surface area contributed by atoms with E-state index in [9.17, 15) is 14.9 Å². The smallest absolute Gasteiger partial charge is 0.304 e. The predicted octanol–water partition coefficient (Wildman–Crippen LogP) is 2.44. The highest BCUT2D eigenvalue weighted by molar-refractivity contribution is 6.00. The average molecular weight is 277 g/mol. The second kappa shape index (κ2) is 5.48. The van der Waals surface area contributed by atoms with Crippen molar-refractivity contribution in [3.63, 3.8) is 0 Å². The maximum Gasteiger partial charge on any atom is 0.304 e. The fourth-order valence-electron chi connectivity index (χ4n) is 2.20. The number of carbonyl (C=O) groups excluding carboxylic acids is 1. The number of hydrogen-bond acceptors (Lipinski definition) is 4. The molecule has 6 nitrogen and oxygen atoms in total. The van der Waals surface area contributed by atoms with Gasteiger partial charge in [-0.1, -0.05) is 6.07 Å². The number of hydrogen-bond donors (Lipinski definition) is 1. The van der Waals surface area contributed by atoms with Gasteiger partial charge in [0.25, 0.3) is 5.91 Å². The van der Waals surface area contributed by atoms with E-state index in [1.807, 2.05) is 13.8 Å². The highest BCUT2D eigenvalue weighted by Gasteiger charge is 2.32. The SMILES string of the molecule is CC(C)N(CC1CC1)C(=O)c1cccc(N)c1[N+](=O)[O-]. The van der Waals surface area contributed by atoms with Crippen molar-refractivity contribution in [1.29, 1.82) is 0 Å². The molecule has 1 saturated carbocycles. The average Bonchev–Trinajstić information content (AvgIpc) is 3.18. The molecule has 1 aromatic carbocycles. The lowest BCUT2D eigenvalue weighted by Crippen LogP contribution is -2.38. The van der Waals surface area contributed by atoms with Crippen LogP contribution in [0.2, 0.25) is 0 Å². The molecule has 0 aromatic heterocycles. The number of nitrogens with zero attached hydrogens (tertiary/aromatic N) is 2. The Morgan fingerprint density at radius 1 is 1.50 bits per heavy atom. The predicted molar refractivity (Wildman–Crippen MR) is 76.4 cm³/mol. The third-order valence-electron chi connectivity index (χ3n) is 3.52. The van der Waals surface area contributed by atoms with E-state index in [4.69, 9.17) is 5.73 Å². The van der Waals surface area contributed by atoms with Gasteiger partial charge in [0.1, 0.15) is 11.3 Å². The lowest BCUT2D eigenvalue weighted by atomic mass is 10.1. The zero-order valence-electron chi connectivity index (χ0n) is 11.7. The van der Waals surface area contributed by atoms with Crippen LogP contribution in [0.4, 0.5) is 11.4 Å². The summed E-state index contributed by atoms with van der Waals surface area (Å²) in [6.45, 7) is 4.49. The number of nitrogens with two attached hydrogens (primary N) is 1. The Balaban J connectivity index is 2.35. The highest BCUT2D eigenvalue weighted by Crippen LogP contribution is 2.32. The number of nitrogen functional groups attached to an aromatic ring is 1. The van der Waals surface area contributed by atoms with Gasteiger partial charge in [-0.3, -0.25) is 14.9 Å². The molecule has 108 valence electrons. The normalized spacial score (nSPS) is 14.3. The van der Waals surface area contributed by atoms with E-state index in [1.165, 1.54) is 12.1 Å². The Hall–Kier alpha value is -2.11. The van der Waals surface area contributed by atoms with Gasteiger partial charge in [0, 0.05) is 12.6 Å². The summed E-state index contributed by atoms with van der Waals surface area (Å²) in [5.41, 5.74) is 5.44. The fraction of sp³-hybridized carbons (Fsp3) is 0.500. The van der Waals surface area contributed by atoms with Crippen LogP contribution in [0.1, 0.15) is 37.0 Å². The Morgan fingerprint density at radius 2 is 2.15 bits per heavy atom.